The third-order valence-electron chi connectivity index (χ3n) is 2.49. The fourth-order valence-electron chi connectivity index (χ4n) is 1.73. The van der Waals surface area contributed by atoms with Gasteiger partial charge >= 0.3 is 0 Å². The number of aryl methyl sites for hydroxylation is 1. The molecule has 0 aliphatic carbocycles. The van der Waals surface area contributed by atoms with Crippen LogP contribution in [0.1, 0.15) is 5.56 Å². The Labute approximate surface area is 87.7 Å². The van der Waals surface area contributed by atoms with Crippen molar-refractivity contribution in [2.75, 3.05) is 14.2 Å². The molecule has 0 amide bonds. The van der Waals surface area contributed by atoms with Gasteiger partial charge in [-0.1, -0.05) is 5.16 Å². The average Bonchev–Trinajstić information content (AvgIpc) is 2.72. The van der Waals surface area contributed by atoms with Crippen molar-refractivity contribution >= 4 is 24.3 Å². The van der Waals surface area contributed by atoms with Crippen LogP contribution in [-0.2, 0) is 0 Å². The smallest absolute Gasteiger partial charge is 0.165 e. The number of methoxy groups -OCH3 is 2. The highest BCUT2D eigenvalue weighted by Gasteiger charge is 2.19. The third kappa shape index (κ3) is 1.25. The van der Waals surface area contributed by atoms with Gasteiger partial charge in [-0.05, 0) is 17.5 Å². The summed E-state index contributed by atoms with van der Waals surface area (Å²) < 4.78 is 15.3. The third-order valence-corrected chi connectivity index (χ3v) is 2.49. The van der Waals surface area contributed by atoms with Gasteiger partial charge in [0, 0.05) is 5.56 Å². The van der Waals surface area contributed by atoms with E-state index in [-0.39, 0.29) is 0 Å². The Balaban J connectivity index is 2.90. The van der Waals surface area contributed by atoms with E-state index in [1.165, 1.54) is 0 Å². The van der Waals surface area contributed by atoms with Crippen LogP contribution in [-0.4, -0.2) is 32.4 Å². The minimum atomic E-state index is 0.679. The van der Waals surface area contributed by atoms with Crippen molar-refractivity contribution in [1.29, 1.82) is 0 Å². The van der Waals surface area contributed by atoms with Gasteiger partial charge in [0.15, 0.2) is 11.5 Å². The van der Waals surface area contributed by atoms with Crippen molar-refractivity contribution in [3.8, 4) is 11.5 Å². The summed E-state index contributed by atoms with van der Waals surface area (Å²) >= 11 is 0. The normalized spacial score (nSPS) is 10.6. The van der Waals surface area contributed by atoms with E-state index in [0.717, 1.165) is 11.0 Å². The number of aromatic nitrogens is 2. The molecule has 1 aromatic heterocycles. The maximum Gasteiger partial charge on any atom is 0.165 e. The topological polar surface area (TPSA) is 57.4 Å². The van der Waals surface area contributed by atoms with E-state index in [1.807, 2.05) is 14.8 Å². The Bertz CT molecular complexity index is 466. The molecule has 0 atom stereocenters. The Hall–Kier alpha value is -1.72. The van der Waals surface area contributed by atoms with Crippen molar-refractivity contribution < 1.29 is 14.1 Å². The minimum Gasteiger partial charge on any atom is -0.493 e. The van der Waals surface area contributed by atoms with Gasteiger partial charge in [0.25, 0.3) is 0 Å². The minimum absolute atomic E-state index is 0.679. The number of fused-ring (bicyclic) bond motifs is 1. The molecule has 0 unspecified atom stereocenters. The fourth-order valence-corrected chi connectivity index (χ4v) is 1.73. The molecule has 1 heterocycles. The van der Waals surface area contributed by atoms with Crippen LogP contribution >= 0.6 is 0 Å². The average molecular weight is 206 g/mol. The number of hydrogen-bond acceptors (Lipinski definition) is 5. The molecule has 0 N–H and O–H groups in total. The zero-order valence-corrected chi connectivity index (χ0v) is 9.12. The first-order chi connectivity index (χ1) is 7.20. The number of nitrogens with zero attached hydrogens (tertiary/aromatic N) is 2. The lowest BCUT2D eigenvalue weighted by Crippen LogP contribution is -2.12. The van der Waals surface area contributed by atoms with Crippen molar-refractivity contribution in [3.63, 3.8) is 0 Å². The first-order valence-electron chi connectivity index (χ1n) is 4.54. The predicted molar refractivity (Wildman–Crippen MR) is 57.8 cm³/mol. The molecule has 5 nitrogen and oxygen atoms in total. The van der Waals surface area contributed by atoms with E-state index in [4.69, 9.17) is 14.1 Å². The van der Waals surface area contributed by atoms with Gasteiger partial charge in [0.2, 0.25) is 0 Å². The number of ether oxygens (including phenoxy) is 2. The molecular formula is C9H11BN2O3. The second kappa shape index (κ2) is 3.45. The molecule has 2 aromatic rings. The van der Waals surface area contributed by atoms with Crippen molar-refractivity contribution in [2.24, 2.45) is 0 Å². The summed E-state index contributed by atoms with van der Waals surface area (Å²) in [5, 5.41) is 7.68. The second-order valence-corrected chi connectivity index (χ2v) is 3.28. The first kappa shape index (κ1) is 9.83. The quantitative estimate of drug-likeness (QED) is 0.637. The number of benzene rings is 1. The molecule has 2 rings (SSSR count). The Kier molecular flexibility index (Phi) is 2.26. The van der Waals surface area contributed by atoms with E-state index >= 15 is 0 Å². The lowest BCUT2D eigenvalue weighted by molar-refractivity contribution is 0.315. The van der Waals surface area contributed by atoms with Crippen LogP contribution in [0.15, 0.2) is 4.63 Å². The Morgan fingerprint density at radius 1 is 1.07 bits per heavy atom. The molecule has 0 aliphatic rings. The maximum atomic E-state index is 5.29. The summed E-state index contributed by atoms with van der Waals surface area (Å²) in [4.78, 5) is 0. The van der Waals surface area contributed by atoms with Crippen LogP contribution in [0.3, 0.4) is 0 Å². The second-order valence-electron chi connectivity index (χ2n) is 3.28. The molecule has 1 aromatic carbocycles. The van der Waals surface area contributed by atoms with E-state index in [9.17, 15) is 0 Å². The van der Waals surface area contributed by atoms with E-state index in [1.54, 1.807) is 14.2 Å². The van der Waals surface area contributed by atoms with E-state index in [0.29, 0.717) is 22.5 Å². The van der Waals surface area contributed by atoms with E-state index < -0.39 is 0 Å². The summed E-state index contributed by atoms with van der Waals surface area (Å²) in [5.74, 6) is 1.36. The lowest BCUT2D eigenvalue weighted by atomic mass is 9.91. The molecule has 0 fully saturated rings. The molecule has 0 spiro atoms. The number of rotatable bonds is 2. The van der Waals surface area contributed by atoms with Gasteiger partial charge in [0.05, 0.1) is 14.2 Å². The monoisotopic (exact) mass is 206 g/mol. The Morgan fingerprint density at radius 2 is 1.67 bits per heavy atom. The molecule has 78 valence electrons. The van der Waals surface area contributed by atoms with Gasteiger partial charge in [0.1, 0.15) is 18.9 Å². The van der Waals surface area contributed by atoms with Gasteiger partial charge < -0.3 is 9.47 Å². The van der Waals surface area contributed by atoms with Crippen molar-refractivity contribution in [3.05, 3.63) is 5.56 Å². The maximum absolute atomic E-state index is 5.29. The van der Waals surface area contributed by atoms with Crippen LogP contribution in [0.25, 0.3) is 11.0 Å². The predicted octanol–water partition coefficient (Wildman–Crippen LogP) is -0.193. The molecule has 0 radical (unpaired) electrons. The Morgan fingerprint density at radius 3 is 2.27 bits per heavy atom. The van der Waals surface area contributed by atoms with Gasteiger partial charge in [-0.2, -0.15) is 0 Å². The van der Waals surface area contributed by atoms with Crippen LogP contribution < -0.4 is 14.9 Å². The number of hydrogen-bond donors (Lipinski definition) is 0. The van der Waals surface area contributed by atoms with Gasteiger partial charge in [-0.3, -0.25) is 0 Å². The zero-order valence-electron chi connectivity index (χ0n) is 9.12. The first-order valence-corrected chi connectivity index (χ1v) is 4.54. The summed E-state index contributed by atoms with van der Waals surface area (Å²) in [6, 6.07) is 0. The summed E-state index contributed by atoms with van der Waals surface area (Å²) in [7, 11) is 5.10. The highest BCUT2D eigenvalue weighted by molar-refractivity contribution is 6.40. The standard InChI is InChI=1S/C9H11BN2O3/c1-4-6-7(12-15-11-6)5(10)9(14-3)8(4)13-2/h10H2,1-3H3. The van der Waals surface area contributed by atoms with Gasteiger partial charge in [-0.25, -0.2) is 4.63 Å². The van der Waals surface area contributed by atoms with Crippen molar-refractivity contribution in [1.82, 2.24) is 10.3 Å². The highest BCUT2D eigenvalue weighted by atomic mass is 16.6. The molecule has 0 bridgehead atoms. The van der Waals surface area contributed by atoms with Crippen LogP contribution in [0.5, 0.6) is 11.5 Å². The largest absolute Gasteiger partial charge is 0.493 e. The summed E-state index contributed by atoms with van der Waals surface area (Å²) in [5.41, 5.74) is 3.17. The van der Waals surface area contributed by atoms with Crippen LogP contribution in [0, 0.1) is 6.92 Å². The molecular weight excluding hydrogens is 195 g/mol. The zero-order chi connectivity index (χ0) is 11.0. The van der Waals surface area contributed by atoms with Gasteiger partial charge in [-0.15, -0.1) is 0 Å². The van der Waals surface area contributed by atoms with Crippen LogP contribution in [0.2, 0.25) is 0 Å². The summed E-state index contributed by atoms with van der Waals surface area (Å²) in [6.07, 6.45) is 0. The fraction of sp³-hybridized carbons (Fsp3) is 0.333. The molecule has 0 aliphatic heterocycles. The molecule has 6 heteroatoms. The van der Waals surface area contributed by atoms with Crippen molar-refractivity contribution in [2.45, 2.75) is 6.92 Å². The molecule has 0 saturated heterocycles. The molecule has 15 heavy (non-hydrogen) atoms. The highest BCUT2D eigenvalue weighted by Crippen LogP contribution is 2.32. The summed E-state index contributed by atoms with van der Waals surface area (Å²) in [6.45, 7) is 1.90. The van der Waals surface area contributed by atoms with Crippen LogP contribution in [0.4, 0.5) is 0 Å². The SMILES string of the molecule is Bc1c(OC)c(OC)c(C)c2nonc12. The lowest BCUT2D eigenvalue weighted by Gasteiger charge is -2.12. The molecule has 0 saturated carbocycles. The van der Waals surface area contributed by atoms with E-state index in [2.05, 4.69) is 10.3 Å².